The van der Waals surface area contributed by atoms with Gasteiger partial charge in [-0.25, -0.2) is 9.59 Å². The van der Waals surface area contributed by atoms with Crippen LogP contribution in [-0.4, -0.2) is 59.5 Å². The molecule has 8 heteroatoms. The van der Waals surface area contributed by atoms with Crippen molar-refractivity contribution in [2.45, 2.75) is 45.3 Å². The van der Waals surface area contributed by atoms with Gasteiger partial charge >= 0.3 is 18.2 Å². The molecule has 0 radical (unpaired) electrons. The van der Waals surface area contributed by atoms with Crippen LogP contribution in [0.15, 0.2) is 48.5 Å². The molecule has 2 aromatic rings. The molecule has 33 heavy (non-hydrogen) atoms. The molecule has 8 nitrogen and oxygen atoms in total. The van der Waals surface area contributed by atoms with Crippen LogP contribution in [0.5, 0.6) is 0 Å². The SMILES string of the molecule is C[C@@H](CN(CC(=O)O)C(=O)OC(C)(C)C)NC(=O)OCC1c2ccccc2-c2ccccc21. The zero-order valence-corrected chi connectivity index (χ0v) is 19.3. The first-order valence-corrected chi connectivity index (χ1v) is 10.9. The van der Waals surface area contributed by atoms with E-state index < -0.39 is 36.3 Å². The molecule has 0 spiro atoms. The number of carbonyl (C=O) groups excluding carboxylic acids is 2. The van der Waals surface area contributed by atoms with Gasteiger partial charge in [0.2, 0.25) is 0 Å². The summed E-state index contributed by atoms with van der Waals surface area (Å²) in [6.07, 6.45) is -1.39. The molecule has 2 N–H and O–H groups in total. The number of hydrogen-bond donors (Lipinski definition) is 2. The average molecular weight is 455 g/mol. The van der Waals surface area contributed by atoms with Gasteiger partial charge in [0.1, 0.15) is 18.8 Å². The summed E-state index contributed by atoms with van der Waals surface area (Å²) >= 11 is 0. The second-order valence-electron chi connectivity index (χ2n) is 9.13. The number of hydrogen-bond acceptors (Lipinski definition) is 5. The van der Waals surface area contributed by atoms with Crippen LogP contribution in [-0.2, 0) is 14.3 Å². The predicted molar refractivity (Wildman–Crippen MR) is 123 cm³/mol. The van der Waals surface area contributed by atoms with E-state index in [2.05, 4.69) is 17.4 Å². The summed E-state index contributed by atoms with van der Waals surface area (Å²) in [7, 11) is 0. The highest BCUT2D eigenvalue weighted by molar-refractivity contribution is 5.79. The number of benzene rings is 2. The van der Waals surface area contributed by atoms with E-state index >= 15 is 0 Å². The molecular weight excluding hydrogens is 424 g/mol. The number of rotatable bonds is 7. The van der Waals surface area contributed by atoms with Gasteiger partial charge in [0.05, 0.1) is 0 Å². The first-order chi connectivity index (χ1) is 15.5. The molecule has 0 heterocycles. The van der Waals surface area contributed by atoms with Gasteiger partial charge in [-0.3, -0.25) is 9.69 Å². The van der Waals surface area contributed by atoms with E-state index in [1.807, 2.05) is 36.4 Å². The van der Waals surface area contributed by atoms with Crippen molar-refractivity contribution in [1.29, 1.82) is 0 Å². The van der Waals surface area contributed by atoms with E-state index in [9.17, 15) is 14.4 Å². The van der Waals surface area contributed by atoms with E-state index in [4.69, 9.17) is 14.6 Å². The van der Waals surface area contributed by atoms with Gasteiger partial charge in [-0.2, -0.15) is 0 Å². The van der Waals surface area contributed by atoms with Crippen LogP contribution in [0, 0.1) is 0 Å². The van der Waals surface area contributed by atoms with Crippen molar-refractivity contribution in [3.63, 3.8) is 0 Å². The number of alkyl carbamates (subject to hydrolysis) is 1. The Balaban J connectivity index is 1.59. The fourth-order valence-electron chi connectivity index (χ4n) is 3.91. The molecule has 1 aliphatic rings. The number of amides is 2. The Kier molecular flexibility index (Phi) is 7.26. The lowest BCUT2D eigenvalue weighted by molar-refractivity contribution is -0.138. The van der Waals surface area contributed by atoms with Crippen molar-refractivity contribution in [1.82, 2.24) is 10.2 Å². The highest BCUT2D eigenvalue weighted by Crippen LogP contribution is 2.44. The standard InChI is InChI=1S/C25H30N2O6/c1-16(13-27(14-22(28)29)24(31)33-25(2,3)4)26-23(30)32-15-21-19-11-7-5-9-17(19)18-10-6-8-12-20(18)21/h5-12,16,21H,13-15H2,1-4H3,(H,26,30)(H,28,29)/t16-/m0/s1. The topological polar surface area (TPSA) is 105 Å². The number of carboxylic acids is 1. The predicted octanol–water partition coefficient (Wildman–Crippen LogP) is 4.24. The molecule has 176 valence electrons. The second kappa shape index (κ2) is 9.94. The largest absolute Gasteiger partial charge is 0.480 e. The third-order valence-corrected chi connectivity index (χ3v) is 5.18. The van der Waals surface area contributed by atoms with Gasteiger partial charge in [-0.15, -0.1) is 0 Å². The zero-order chi connectivity index (χ0) is 24.2. The van der Waals surface area contributed by atoms with Gasteiger partial charge < -0.3 is 19.9 Å². The molecule has 0 aliphatic heterocycles. The summed E-state index contributed by atoms with van der Waals surface area (Å²) in [4.78, 5) is 37.0. The molecule has 0 aromatic heterocycles. The fourth-order valence-corrected chi connectivity index (χ4v) is 3.91. The summed E-state index contributed by atoms with van der Waals surface area (Å²) in [5, 5.41) is 11.8. The quantitative estimate of drug-likeness (QED) is 0.649. The maximum atomic E-state index is 12.5. The van der Waals surface area contributed by atoms with Gasteiger partial charge in [-0.1, -0.05) is 48.5 Å². The minimum absolute atomic E-state index is 0.0363. The molecule has 0 saturated carbocycles. The molecule has 1 aliphatic carbocycles. The lowest BCUT2D eigenvalue weighted by Crippen LogP contribution is -2.47. The van der Waals surface area contributed by atoms with Crippen molar-refractivity contribution < 1.29 is 29.0 Å². The van der Waals surface area contributed by atoms with Crippen LogP contribution >= 0.6 is 0 Å². The summed E-state index contributed by atoms with van der Waals surface area (Å²) in [6, 6.07) is 15.5. The monoisotopic (exact) mass is 454 g/mol. The highest BCUT2D eigenvalue weighted by atomic mass is 16.6. The molecule has 0 fully saturated rings. The van der Waals surface area contributed by atoms with E-state index in [0.29, 0.717) is 0 Å². The smallest absolute Gasteiger partial charge is 0.410 e. The fraction of sp³-hybridized carbons (Fsp3) is 0.400. The number of ether oxygens (including phenoxy) is 2. The van der Waals surface area contributed by atoms with Crippen LogP contribution in [0.1, 0.15) is 44.7 Å². The average Bonchev–Trinajstić information content (AvgIpc) is 3.04. The first-order valence-electron chi connectivity index (χ1n) is 10.9. The van der Waals surface area contributed by atoms with Gasteiger partial charge in [-0.05, 0) is 49.9 Å². The Morgan fingerprint density at radius 1 is 1.03 bits per heavy atom. The second-order valence-corrected chi connectivity index (χ2v) is 9.13. The Hall–Kier alpha value is -3.55. The van der Waals surface area contributed by atoms with Crippen LogP contribution < -0.4 is 5.32 Å². The first kappa shape index (κ1) is 24.1. The number of aliphatic carboxylic acids is 1. The van der Waals surface area contributed by atoms with Gasteiger partial charge in [0.15, 0.2) is 0 Å². The minimum Gasteiger partial charge on any atom is -0.480 e. The van der Waals surface area contributed by atoms with Crippen molar-refractivity contribution in [2.24, 2.45) is 0 Å². The number of carboxylic acid groups (broad SMARTS) is 1. The van der Waals surface area contributed by atoms with Crippen LogP contribution in [0.3, 0.4) is 0 Å². The summed E-state index contributed by atoms with van der Waals surface area (Å²) in [5.41, 5.74) is 3.72. The Morgan fingerprint density at radius 3 is 2.09 bits per heavy atom. The number of carbonyl (C=O) groups is 3. The summed E-state index contributed by atoms with van der Waals surface area (Å²) in [5.74, 6) is -1.24. The molecule has 0 saturated heterocycles. The molecule has 1 atom stereocenters. The normalized spacial score (nSPS) is 13.5. The minimum atomic E-state index is -1.17. The Labute approximate surface area is 193 Å². The maximum absolute atomic E-state index is 12.5. The Bertz CT molecular complexity index is 984. The van der Waals surface area contributed by atoms with E-state index in [0.717, 1.165) is 27.2 Å². The van der Waals surface area contributed by atoms with Gasteiger partial charge in [0.25, 0.3) is 0 Å². The van der Waals surface area contributed by atoms with Crippen molar-refractivity contribution in [3.05, 3.63) is 59.7 Å². The van der Waals surface area contributed by atoms with Crippen molar-refractivity contribution >= 4 is 18.2 Å². The molecule has 0 unspecified atom stereocenters. The van der Waals surface area contributed by atoms with Crippen LogP contribution in [0.4, 0.5) is 9.59 Å². The van der Waals surface area contributed by atoms with Crippen LogP contribution in [0.2, 0.25) is 0 Å². The Morgan fingerprint density at radius 2 is 1.58 bits per heavy atom. The van der Waals surface area contributed by atoms with Crippen molar-refractivity contribution in [3.8, 4) is 11.1 Å². The van der Waals surface area contributed by atoms with Crippen LogP contribution in [0.25, 0.3) is 11.1 Å². The highest BCUT2D eigenvalue weighted by Gasteiger charge is 2.30. The summed E-state index contributed by atoms with van der Waals surface area (Å²) < 4.78 is 10.8. The van der Waals surface area contributed by atoms with E-state index in [-0.39, 0.29) is 19.1 Å². The summed E-state index contributed by atoms with van der Waals surface area (Å²) in [6.45, 7) is 6.35. The number of nitrogens with one attached hydrogen (secondary N) is 1. The molecule has 2 amide bonds. The third kappa shape index (κ3) is 6.25. The van der Waals surface area contributed by atoms with Gasteiger partial charge in [0, 0.05) is 18.5 Å². The maximum Gasteiger partial charge on any atom is 0.410 e. The van der Waals surface area contributed by atoms with E-state index in [1.54, 1.807) is 27.7 Å². The number of nitrogens with zero attached hydrogens (tertiary/aromatic N) is 1. The molecule has 3 rings (SSSR count). The van der Waals surface area contributed by atoms with E-state index in [1.165, 1.54) is 0 Å². The molecular formula is C25H30N2O6. The zero-order valence-electron chi connectivity index (χ0n) is 19.3. The number of fused-ring (bicyclic) bond motifs is 3. The van der Waals surface area contributed by atoms with Crippen molar-refractivity contribution in [2.75, 3.05) is 19.7 Å². The molecule has 0 bridgehead atoms. The lowest BCUT2D eigenvalue weighted by atomic mass is 9.98. The molecule has 2 aromatic carbocycles. The lowest BCUT2D eigenvalue weighted by Gasteiger charge is -2.28. The third-order valence-electron chi connectivity index (χ3n) is 5.18.